The first-order chi connectivity index (χ1) is 24.4. The Balaban J connectivity index is 1.62. The van der Waals surface area contributed by atoms with Gasteiger partial charge in [0.15, 0.2) is 17.2 Å². The molecule has 264 valence electrons. The van der Waals surface area contributed by atoms with Gasteiger partial charge < -0.3 is 28.7 Å². The lowest BCUT2D eigenvalue weighted by Gasteiger charge is -2.09. The van der Waals surface area contributed by atoms with Crippen LogP contribution < -0.4 is 14.2 Å². The van der Waals surface area contributed by atoms with E-state index in [1.807, 2.05) is 0 Å². The van der Waals surface area contributed by atoms with Crippen molar-refractivity contribution in [2.45, 2.75) is 0 Å². The van der Waals surface area contributed by atoms with Crippen molar-refractivity contribution in [3.05, 3.63) is 118 Å². The molecule has 4 rings (SSSR count). The first-order valence-electron chi connectivity index (χ1n) is 13.8. The number of carbonyl (C=O) groups is 3. The lowest BCUT2D eigenvalue weighted by atomic mass is 10.1. The highest BCUT2D eigenvalue weighted by Crippen LogP contribution is 2.36. The summed E-state index contributed by atoms with van der Waals surface area (Å²) in [5.41, 5.74) is 0.509. The van der Waals surface area contributed by atoms with Crippen molar-refractivity contribution in [3.63, 3.8) is 0 Å². The molecule has 0 heterocycles. The second kappa shape index (κ2) is 18.1. The average Bonchev–Trinajstić information content (AvgIpc) is 3.10. The van der Waals surface area contributed by atoms with Crippen LogP contribution in [0.25, 0.3) is 0 Å². The summed E-state index contributed by atoms with van der Waals surface area (Å²) >= 11 is 36.8. The van der Waals surface area contributed by atoms with Gasteiger partial charge in [0.25, 0.3) is 0 Å². The molecular formula is C33H21Cl6N3O9. The molecule has 51 heavy (non-hydrogen) atoms. The van der Waals surface area contributed by atoms with Crippen LogP contribution in [0, 0.1) is 0 Å². The number of methoxy groups -OCH3 is 3. The molecule has 0 atom stereocenters. The van der Waals surface area contributed by atoms with Crippen molar-refractivity contribution in [2.24, 2.45) is 15.5 Å². The normalized spacial score (nSPS) is 11.2. The van der Waals surface area contributed by atoms with E-state index < -0.39 is 17.9 Å². The van der Waals surface area contributed by atoms with Crippen molar-refractivity contribution < 1.29 is 43.1 Å². The molecule has 0 aromatic heterocycles. The third-order valence-corrected chi connectivity index (χ3v) is 8.25. The highest BCUT2D eigenvalue weighted by Gasteiger charge is 2.23. The van der Waals surface area contributed by atoms with Gasteiger partial charge in [-0.1, -0.05) is 85.1 Å². The summed E-state index contributed by atoms with van der Waals surface area (Å²) in [7, 11) is 3.92. The Morgan fingerprint density at radius 2 is 0.686 bits per heavy atom. The summed E-state index contributed by atoms with van der Waals surface area (Å²) in [5, 5.41) is 11.7. The Morgan fingerprint density at radius 1 is 0.451 bits per heavy atom. The number of nitrogens with zero attached hydrogens (tertiary/aromatic N) is 3. The number of hydrogen-bond donors (Lipinski definition) is 0. The van der Waals surface area contributed by atoms with Crippen molar-refractivity contribution in [3.8, 4) is 17.2 Å². The van der Waals surface area contributed by atoms with Crippen LogP contribution in [0.2, 0.25) is 30.1 Å². The van der Waals surface area contributed by atoms with E-state index in [2.05, 4.69) is 15.5 Å². The predicted octanol–water partition coefficient (Wildman–Crippen LogP) is 9.21. The maximum absolute atomic E-state index is 12.8. The maximum atomic E-state index is 12.8. The van der Waals surface area contributed by atoms with Gasteiger partial charge in [-0.2, -0.15) is 0 Å². The second-order valence-corrected chi connectivity index (χ2v) is 12.0. The monoisotopic (exact) mass is 813 g/mol. The summed E-state index contributed by atoms with van der Waals surface area (Å²) in [4.78, 5) is 53.5. The molecule has 0 saturated carbocycles. The van der Waals surface area contributed by atoms with Crippen LogP contribution in [-0.4, -0.2) is 57.9 Å². The van der Waals surface area contributed by atoms with Gasteiger partial charge in [0.05, 0.1) is 70.1 Å². The zero-order chi connectivity index (χ0) is 37.2. The zero-order valence-electron chi connectivity index (χ0n) is 26.2. The van der Waals surface area contributed by atoms with E-state index in [0.717, 1.165) is 0 Å². The van der Waals surface area contributed by atoms with Gasteiger partial charge in [0.2, 0.25) is 0 Å². The first kappa shape index (κ1) is 39.2. The number of oxime groups is 3. The SMILES string of the molecule is COc1c(Cl)ccc(Cl)c1C(=O)O/N=C/c1cc(/C=N/OC(=O)c2c(Cl)ccc(Cl)c2OC)cc(/C=N/OC(=O)c2c(Cl)ccc(Cl)c2OC)c1. The molecule has 0 saturated heterocycles. The fourth-order valence-electron chi connectivity index (χ4n) is 4.24. The Kier molecular flexibility index (Phi) is 13.9. The third-order valence-electron chi connectivity index (χ3n) is 6.41. The summed E-state index contributed by atoms with van der Waals surface area (Å²) in [6, 6.07) is 13.1. The largest absolute Gasteiger partial charge is 0.494 e. The van der Waals surface area contributed by atoms with Gasteiger partial charge in [-0.15, -0.1) is 0 Å². The molecule has 12 nitrogen and oxygen atoms in total. The zero-order valence-corrected chi connectivity index (χ0v) is 30.7. The van der Waals surface area contributed by atoms with E-state index in [9.17, 15) is 14.4 Å². The molecule has 4 aromatic rings. The number of hydrogen-bond acceptors (Lipinski definition) is 12. The van der Waals surface area contributed by atoms with E-state index >= 15 is 0 Å². The number of ether oxygens (including phenoxy) is 3. The minimum atomic E-state index is -0.959. The lowest BCUT2D eigenvalue weighted by molar-refractivity contribution is 0.0507. The number of rotatable bonds is 12. The molecule has 0 aliphatic rings. The Morgan fingerprint density at radius 3 is 0.922 bits per heavy atom. The molecule has 0 aliphatic heterocycles. The van der Waals surface area contributed by atoms with Gasteiger partial charge in [0, 0.05) is 0 Å². The van der Waals surface area contributed by atoms with E-state index in [1.165, 1.54) is 94.6 Å². The summed E-state index contributed by atoms with van der Waals surface area (Å²) in [6.07, 6.45) is 3.51. The molecule has 0 unspecified atom stereocenters. The molecule has 0 N–H and O–H groups in total. The van der Waals surface area contributed by atoms with Crippen LogP contribution in [0.1, 0.15) is 47.8 Å². The summed E-state index contributed by atoms with van der Waals surface area (Å²) in [5.74, 6) is -2.88. The average molecular weight is 816 g/mol. The molecule has 0 amide bonds. The highest BCUT2D eigenvalue weighted by atomic mass is 35.5. The quantitative estimate of drug-likeness (QED) is 0.0777. The van der Waals surface area contributed by atoms with Crippen LogP contribution in [0.4, 0.5) is 0 Å². The fraction of sp³-hybridized carbons (Fsp3) is 0.0909. The number of carbonyl (C=O) groups excluding carboxylic acids is 3. The van der Waals surface area contributed by atoms with Gasteiger partial charge in [0.1, 0.15) is 16.7 Å². The van der Waals surface area contributed by atoms with E-state index in [1.54, 1.807) is 0 Å². The van der Waals surface area contributed by atoms with E-state index in [4.69, 9.17) is 98.3 Å². The Bertz CT molecular complexity index is 1850. The second-order valence-electron chi connectivity index (χ2n) is 9.59. The highest BCUT2D eigenvalue weighted by molar-refractivity contribution is 6.38. The topological polar surface area (TPSA) is 144 Å². The minimum Gasteiger partial charge on any atom is -0.494 e. The first-order valence-corrected chi connectivity index (χ1v) is 16.1. The van der Waals surface area contributed by atoms with E-state index in [-0.39, 0.29) is 64.1 Å². The van der Waals surface area contributed by atoms with Crippen LogP contribution in [-0.2, 0) is 14.5 Å². The smallest absolute Gasteiger partial charge is 0.371 e. The van der Waals surface area contributed by atoms with Crippen molar-refractivity contribution in [1.29, 1.82) is 0 Å². The standard InChI is InChI=1S/C33H21Cl6N3O9/c1-46-28-22(37)7-4-19(34)25(28)31(43)49-40-13-16-10-17(14-41-50-32(44)26-20(35)5-8-23(38)29(26)47-2)12-18(11-16)15-42-51-33(45)27-21(36)6-9-24(39)30(27)48-3/h4-15H,1-3H3/b40-13+,41-14+,42-15+. The minimum absolute atomic E-state index is 0.00136. The number of benzene rings is 4. The predicted molar refractivity (Wildman–Crippen MR) is 195 cm³/mol. The van der Waals surface area contributed by atoms with Crippen molar-refractivity contribution in [2.75, 3.05) is 21.3 Å². The van der Waals surface area contributed by atoms with Crippen LogP contribution in [0.5, 0.6) is 17.2 Å². The molecule has 0 fully saturated rings. The molecule has 0 aliphatic carbocycles. The van der Waals surface area contributed by atoms with Crippen molar-refractivity contribution >= 4 is 106 Å². The van der Waals surface area contributed by atoms with Crippen molar-refractivity contribution in [1.82, 2.24) is 0 Å². The Labute approximate surface area is 319 Å². The molecule has 0 spiro atoms. The maximum Gasteiger partial charge on any atom is 0.371 e. The van der Waals surface area contributed by atoms with Gasteiger partial charge in [-0.3, -0.25) is 0 Å². The Hall–Kier alpha value is -4.56. The molecule has 18 heteroatoms. The van der Waals surface area contributed by atoms with Gasteiger partial charge in [-0.05, 0) is 71.3 Å². The van der Waals surface area contributed by atoms with Crippen LogP contribution in [0.3, 0.4) is 0 Å². The van der Waals surface area contributed by atoms with E-state index in [0.29, 0.717) is 16.7 Å². The summed E-state index contributed by atoms with van der Waals surface area (Å²) < 4.78 is 15.5. The lowest BCUT2D eigenvalue weighted by Crippen LogP contribution is -2.06. The fourth-order valence-corrected chi connectivity index (χ4v) is 5.62. The molecule has 0 radical (unpaired) electrons. The third kappa shape index (κ3) is 9.61. The number of halogens is 6. The van der Waals surface area contributed by atoms with Gasteiger partial charge in [-0.25, -0.2) is 14.4 Å². The molecule has 4 aromatic carbocycles. The van der Waals surface area contributed by atoms with Crippen LogP contribution in [0.15, 0.2) is 70.1 Å². The molecule has 0 bridgehead atoms. The van der Waals surface area contributed by atoms with Gasteiger partial charge >= 0.3 is 17.9 Å². The summed E-state index contributed by atoms with van der Waals surface area (Å²) in [6.45, 7) is 0. The molecular weight excluding hydrogens is 795 g/mol. The van der Waals surface area contributed by atoms with Crippen LogP contribution >= 0.6 is 69.6 Å².